The van der Waals surface area contributed by atoms with Crippen molar-refractivity contribution in [2.45, 2.75) is 46.0 Å². The normalized spacial score (nSPS) is 25.3. The van der Waals surface area contributed by atoms with E-state index in [4.69, 9.17) is 0 Å². The van der Waals surface area contributed by atoms with Gasteiger partial charge in [-0.1, -0.05) is 12.8 Å². The molecule has 3 fully saturated rings. The lowest BCUT2D eigenvalue weighted by atomic mass is 9.81. The largest absolute Gasteiger partial charge is 0.342 e. The van der Waals surface area contributed by atoms with Crippen LogP contribution in [-0.2, 0) is 19.2 Å². The summed E-state index contributed by atoms with van der Waals surface area (Å²) < 4.78 is 0. The first-order chi connectivity index (χ1) is 14.0. The summed E-state index contributed by atoms with van der Waals surface area (Å²) in [5.41, 5.74) is 0. The molecule has 0 bridgehead atoms. The number of hydrogen-bond acceptors (Lipinski definition) is 5. The summed E-state index contributed by atoms with van der Waals surface area (Å²) in [4.78, 5) is 56.9. The van der Waals surface area contributed by atoms with Crippen molar-refractivity contribution in [2.24, 2.45) is 11.8 Å². The summed E-state index contributed by atoms with van der Waals surface area (Å²) in [6.07, 6.45) is 3.80. The standard InChI is InChI=1S/C21H34N4O4/c1-3-23(4-2)19(27)15-22-11-13-24(14-12-22)18(26)9-10-25-20(28)16-7-5-6-8-17(16)21(25)29/h16-17H,3-15H2,1-2H3. The zero-order valence-electron chi connectivity index (χ0n) is 17.8. The predicted octanol–water partition coefficient (Wildman–Crippen LogP) is 0.564. The highest BCUT2D eigenvalue weighted by molar-refractivity contribution is 6.05. The Kier molecular flexibility index (Phi) is 7.27. The van der Waals surface area contributed by atoms with Gasteiger partial charge in [-0.2, -0.15) is 0 Å². The molecule has 2 saturated heterocycles. The number of fused-ring (bicyclic) bond motifs is 1. The van der Waals surface area contributed by atoms with Gasteiger partial charge in [-0.3, -0.25) is 29.0 Å². The van der Waals surface area contributed by atoms with E-state index in [-0.39, 0.29) is 48.4 Å². The van der Waals surface area contributed by atoms with Crippen LogP contribution in [0.15, 0.2) is 0 Å². The number of rotatable bonds is 7. The van der Waals surface area contributed by atoms with Crippen molar-refractivity contribution >= 4 is 23.6 Å². The zero-order valence-corrected chi connectivity index (χ0v) is 17.8. The Morgan fingerprint density at radius 1 is 0.931 bits per heavy atom. The third-order valence-corrected chi connectivity index (χ3v) is 6.68. The van der Waals surface area contributed by atoms with Crippen LogP contribution < -0.4 is 0 Å². The van der Waals surface area contributed by atoms with Crippen LogP contribution in [0.2, 0.25) is 0 Å². The van der Waals surface area contributed by atoms with Crippen molar-refractivity contribution < 1.29 is 19.2 Å². The number of hydrogen-bond donors (Lipinski definition) is 0. The van der Waals surface area contributed by atoms with E-state index in [0.717, 1.165) is 25.7 Å². The Morgan fingerprint density at radius 2 is 1.48 bits per heavy atom. The Labute approximate surface area is 173 Å². The Morgan fingerprint density at radius 3 is 2.00 bits per heavy atom. The number of piperazine rings is 1. The fourth-order valence-corrected chi connectivity index (χ4v) is 4.84. The van der Waals surface area contributed by atoms with Crippen molar-refractivity contribution in [2.75, 3.05) is 52.4 Å². The van der Waals surface area contributed by atoms with Crippen molar-refractivity contribution in [3.63, 3.8) is 0 Å². The highest BCUT2D eigenvalue weighted by Crippen LogP contribution is 2.37. The van der Waals surface area contributed by atoms with Crippen LogP contribution in [0.4, 0.5) is 0 Å². The molecule has 0 spiro atoms. The zero-order chi connectivity index (χ0) is 21.0. The van der Waals surface area contributed by atoms with E-state index in [9.17, 15) is 19.2 Å². The molecule has 162 valence electrons. The fourth-order valence-electron chi connectivity index (χ4n) is 4.84. The molecule has 4 amide bonds. The molecule has 0 radical (unpaired) electrons. The van der Waals surface area contributed by atoms with Crippen LogP contribution in [0.3, 0.4) is 0 Å². The minimum Gasteiger partial charge on any atom is -0.342 e. The summed E-state index contributed by atoms with van der Waals surface area (Å²) in [5, 5.41) is 0. The van der Waals surface area contributed by atoms with Gasteiger partial charge in [0.2, 0.25) is 23.6 Å². The summed E-state index contributed by atoms with van der Waals surface area (Å²) in [5.74, 6) is -0.353. The van der Waals surface area contributed by atoms with Gasteiger partial charge < -0.3 is 9.80 Å². The predicted molar refractivity (Wildman–Crippen MR) is 108 cm³/mol. The van der Waals surface area contributed by atoms with E-state index in [0.29, 0.717) is 45.8 Å². The molecule has 2 heterocycles. The van der Waals surface area contributed by atoms with Gasteiger partial charge >= 0.3 is 0 Å². The first-order valence-corrected chi connectivity index (χ1v) is 11.1. The maximum atomic E-state index is 12.6. The number of amides is 4. The second kappa shape index (κ2) is 9.69. The van der Waals surface area contributed by atoms with Crippen LogP contribution in [0.5, 0.6) is 0 Å². The van der Waals surface area contributed by atoms with Crippen molar-refractivity contribution in [1.82, 2.24) is 19.6 Å². The summed E-state index contributed by atoms with van der Waals surface area (Å²) in [6.45, 7) is 8.47. The lowest BCUT2D eigenvalue weighted by molar-refractivity contribution is -0.141. The van der Waals surface area contributed by atoms with Gasteiger partial charge in [0.1, 0.15) is 0 Å². The molecule has 3 aliphatic rings. The van der Waals surface area contributed by atoms with E-state index in [1.165, 1.54) is 4.90 Å². The second-order valence-electron chi connectivity index (χ2n) is 8.30. The second-order valence-corrected chi connectivity index (χ2v) is 8.30. The minimum absolute atomic E-state index is 0.0183. The van der Waals surface area contributed by atoms with Crippen LogP contribution in [0, 0.1) is 11.8 Å². The third kappa shape index (κ3) is 4.79. The Bertz CT molecular complexity index is 617. The molecule has 2 aliphatic heterocycles. The van der Waals surface area contributed by atoms with E-state index in [1.807, 2.05) is 18.7 Å². The number of carbonyl (C=O) groups excluding carboxylic acids is 4. The summed E-state index contributed by atoms with van der Waals surface area (Å²) in [7, 11) is 0. The highest BCUT2D eigenvalue weighted by atomic mass is 16.2. The quantitative estimate of drug-likeness (QED) is 0.577. The molecule has 0 aromatic rings. The fraction of sp³-hybridized carbons (Fsp3) is 0.810. The molecule has 8 nitrogen and oxygen atoms in total. The maximum Gasteiger partial charge on any atom is 0.236 e. The molecule has 2 atom stereocenters. The van der Waals surface area contributed by atoms with Crippen LogP contribution >= 0.6 is 0 Å². The lowest BCUT2D eigenvalue weighted by Gasteiger charge is -2.35. The molecule has 0 N–H and O–H groups in total. The molecule has 0 aromatic heterocycles. The van der Waals surface area contributed by atoms with E-state index in [1.54, 1.807) is 4.90 Å². The van der Waals surface area contributed by atoms with Gasteiger partial charge in [-0.25, -0.2) is 0 Å². The molecule has 8 heteroatoms. The monoisotopic (exact) mass is 406 g/mol. The van der Waals surface area contributed by atoms with Crippen molar-refractivity contribution in [1.29, 1.82) is 0 Å². The molecule has 29 heavy (non-hydrogen) atoms. The molecular formula is C21H34N4O4. The molecular weight excluding hydrogens is 372 g/mol. The van der Waals surface area contributed by atoms with Gasteiger partial charge in [0.25, 0.3) is 0 Å². The molecule has 1 saturated carbocycles. The summed E-state index contributed by atoms with van der Waals surface area (Å²) in [6, 6.07) is 0. The van der Waals surface area contributed by atoms with Gasteiger partial charge in [0.15, 0.2) is 0 Å². The van der Waals surface area contributed by atoms with Crippen molar-refractivity contribution in [3.05, 3.63) is 0 Å². The summed E-state index contributed by atoms with van der Waals surface area (Å²) >= 11 is 0. The average Bonchev–Trinajstić information content (AvgIpc) is 2.98. The highest BCUT2D eigenvalue weighted by Gasteiger charge is 2.47. The van der Waals surface area contributed by atoms with Crippen molar-refractivity contribution in [3.8, 4) is 0 Å². The van der Waals surface area contributed by atoms with Crippen LogP contribution in [0.25, 0.3) is 0 Å². The number of nitrogens with zero attached hydrogens (tertiary/aromatic N) is 4. The van der Waals surface area contributed by atoms with Crippen LogP contribution in [-0.4, -0.2) is 95.6 Å². The smallest absolute Gasteiger partial charge is 0.236 e. The first-order valence-electron chi connectivity index (χ1n) is 11.1. The first kappa shape index (κ1) is 21.7. The van der Waals surface area contributed by atoms with Gasteiger partial charge in [0.05, 0.1) is 18.4 Å². The molecule has 3 rings (SSSR count). The number of imide groups is 1. The molecule has 2 unspecified atom stereocenters. The third-order valence-electron chi connectivity index (χ3n) is 6.68. The van der Waals surface area contributed by atoms with E-state index >= 15 is 0 Å². The SMILES string of the molecule is CCN(CC)C(=O)CN1CCN(C(=O)CCN2C(=O)C3CCCCC3C2=O)CC1. The number of likely N-dealkylation sites (tertiary alicyclic amines) is 1. The number of likely N-dealkylation sites (N-methyl/N-ethyl adjacent to an activating group) is 1. The van der Waals surface area contributed by atoms with E-state index < -0.39 is 0 Å². The van der Waals surface area contributed by atoms with Gasteiger partial charge in [-0.15, -0.1) is 0 Å². The average molecular weight is 407 g/mol. The Balaban J connectivity index is 1.43. The van der Waals surface area contributed by atoms with E-state index in [2.05, 4.69) is 4.90 Å². The topological polar surface area (TPSA) is 81.2 Å². The molecule has 1 aliphatic carbocycles. The van der Waals surface area contributed by atoms with Gasteiger partial charge in [-0.05, 0) is 26.7 Å². The van der Waals surface area contributed by atoms with Crippen LogP contribution in [0.1, 0.15) is 46.0 Å². The molecule has 0 aromatic carbocycles. The Hall–Kier alpha value is -1.96. The number of carbonyl (C=O) groups is 4. The van der Waals surface area contributed by atoms with Gasteiger partial charge in [0, 0.05) is 52.2 Å². The lowest BCUT2D eigenvalue weighted by Crippen LogP contribution is -2.52. The minimum atomic E-state index is -0.154. The maximum absolute atomic E-state index is 12.6.